The highest BCUT2D eigenvalue weighted by Crippen LogP contribution is 2.37. The molecule has 0 unspecified atom stereocenters. The van der Waals surface area contributed by atoms with Crippen LogP contribution in [0.15, 0.2) is 47.4 Å². The summed E-state index contributed by atoms with van der Waals surface area (Å²) < 4.78 is 35.3. The molecular weight excluding hydrogens is 518 g/mol. The minimum absolute atomic E-state index is 0.0239. The van der Waals surface area contributed by atoms with Crippen LogP contribution in [0, 0.1) is 11.8 Å². The van der Waals surface area contributed by atoms with Crippen molar-refractivity contribution in [2.24, 2.45) is 11.8 Å². The molecule has 212 valence electrons. The molecule has 1 aliphatic carbocycles. The van der Waals surface area contributed by atoms with Crippen molar-refractivity contribution in [1.82, 2.24) is 14.1 Å². The van der Waals surface area contributed by atoms with Gasteiger partial charge in [-0.25, -0.2) is 8.42 Å². The van der Waals surface area contributed by atoms with Gasteiger partial charge in [-0.15, -0.1) is 0 Å². The maximum absolute atomic E-state index is 13.8. The van der Waals surface area contributed by atoms with Crippen LogP contribution in [0.3, 0.4) is 0 Å². The summed E-state index contributed by atoms with van der Waals surface area (Å²) in [6, 6.07) is 11.5. The molecule has 0 spiro atoms. The number of hydrogen-bond donors (Lipinski definition) is 1. The Labute approximate surface area is 231 Å². The lowest BCUT2D eigenvalue weighted by Gasteiger charge is -2.38. The van der Waals surface area contributed by atoms with Gasteiger partial charge in [0.2, 0.25) is 15.9 Å². The fourth-order valence-electron chi connectivity index (χ4n) is 5.01. The number of benzene rings is 2. The lowest BCUT2D eigenvalue weighted by Crippen LogP contribution is -2.50. The average Bonchev–Trinajstić information content (AvgIpc) is 2.88. The molecule has 1 fully saturated rings. The molecule has 0 bridgehead atoms. The van der Waals surface area contributed by atoms with Crippen LogP contribution in [0.4, 0.5) is 0 Å². The molecule has 1 N–H and O–H groups in total. The number of ether oxygens (including phenoxy) is 1. The molecule has 2 amide bonds. The molecule has 1 heterocycles. The Balaban J connectivity index is 1.72. The van der Waals surface area contributed by atoms with Gasteiger partial charge in [0.1, 0.15) is 16.7 Å². The Hall–Kier alpha value is -2.95. The van der Waals surface area contributed by atoms with Crippen LogP contribution < -0.4 is 4.74 Å². The monoisotopic (exact) mass is 557 g/mol. The number of amides is 2. The maximum atomic E-state index is 13.8. The number of hydrogen-bond acceptors (Lipinski definition) is 6. The average molecular weight is 558 g/mol. The normalized spacial score (nSPS) is 21.9. The molecule has 2 aliphatic rings. The Morgan fingerprint density at radius 3 is 2.28 bits per heavy atom. The van der Waals surface area contributed by atoms with E-state index in [1.54, 1.807) is 57.2 Å². The number of nitrogens with zero attached hydrogens (tertiary/aromatic N) is 3. The van der Waals surface area contributed by atoms with E-state index in [0.29, 0.717) is 12.1 Å². The molecule has 39 heavy (non-hydrogen) atoms. The van der Waals surface area contributed by atoms with Crippen LogP contribution >= 0.6 is 0 Å². The summed E-state index contributed by atoms with van der Waals surface area (Å²) in [7, 11) is 1.19. The van der Waals surface area contributed by atoms with E-state index in [4.69, 9.17) is 4.74 Å². The van der Waals surface area contributed by atoms with Crippen LogP contribution in [0.25, 0.3) is 11.1 Å². The van der Waals surface area contributed by atoms with Gasteiger partial charge < -0.3 is 19.6 Å². The van der Waals surface area contributed by atoms with Gasteiger partial charge in [-0.1, -0.05) is 31.5 Å². The second kappa shape index (κ2) is 11.7. The fraction of sp³-hybridized carbons (Fsp3) is 0.517. The topological polar surface area (TPSA) is 107 Å². The highest BCUT2D eigenvalue weighted by Gasteiger charge is 2.39. The lowest BCUT2D eigenvalue weighted by molar-refractivity contribution is -0.138. The zero-order chi connectivity index (χ0) is 28.5. The zero-order valence-electron chi connectivity index (χ0n) is 23.3. The van der Waals surface area contributed by atoms with Gasteiger partial charge in [0, 0.05) is 51.1 Å². The standard InChI is InChI=1S/C29H39N3O6S/c1-19-16-32(20(2)18-33)39(36,37)27-14-13-24(21-9-11-23(12-10-21)28(34)30(3)4)15-25(27)38-26(19)17-31(5)29(35)22-7-6-8-22/h9-15,19-20,22,26,33H,6-8,16-18H2,1-5H3/t19-,20+,26-/m0/s1. The van der Waals surface area contributed by atoms with E-state index in [1.807, 2.05) is 19.1 Å². The van der Waals surface area contributed by atoms with Crippen LogP contribution in [-0.4, -0.2) is 92.4 Å². The van der Waals surface area contributed by atoms with E-state index >= 15 is 0 Å². The summed E-state index contributed by atoms with van der Waals surface area (Å²) in [5.41, 5.74) is 2.09. The maximum Gasteiger partial charge on any atom is 0.253 e. The van der Waals surface area contributed by atoms with Crippen LogP contribution in [0.5, 0.6) is 5.75 Å². The van der Waals surface area contributed by atoms with Gasteiger partial charge in [-0.05, 0) is 55.2 Å². The van der Waals surface area contributed by atoms with Crippen molar-refractivity contribution in [3.8, 4) is 16.9 Å². The molecule has 0 aromatic heterocycles. The van der Waals surface area contributed by atoms with Crippen molar-refractivity contribution in [3.05, 3.63) is 48.0 Å². The summed E-state index contributed by atoms with van der Waals surface area (Å²) in [5, 5.41) is 9.87. The number of sulfonamides is 1. The van der Waals surface area contributed by atoms with Crippen molar-refractivity contribution in [1.29, 1.82) is 0 Å². The van der Waals surface area contributed by atoms with E-state index < -0.39 is 22.2 Å². The lowest BCUT2D eigenvalue weighted by atomic mass is 9.84. The quantitative estimate of drug-likeness (QED) is 0.561. The molecule has 2 aromatic carbocycles. The molecule has 3 atom stereocenters. The van der Waals surface area contributed by atoms with E-state index in [-0.39, 0.29) is 47.4 Å². The molecule has 0 radical (unpaired) electrons. The third kappa shape index (κ3) is 5.97. The molecular formula is C29H39N3O6S. The Morgan fingerprint density at radius 1 is 1.08 bits per heavy atom. The predicted octanol–water partition coefficient (Wildman–Crippen LogP) is 3.08. The number of aliphatic hydroxyl groups excluding tert-OH is 1. The first kappa shape index (κ1) is 29.0. The summed E-state index contributed by atoms with van der Waals surface area (Å²) in [6.07, 6.45) is 2.40. The second-order valence-electron chi connectivity index (χ2n) is 11.0. The van der Waals surface area contributed by atoms with E-state index in [1.165, 1.54) is 15.3 Å². The highest BCUT2D eigenvalue weighted by atomic mass is 32.2. The Bertz CT molecular complexity index is 1310. The van der Waals surface area contributed by atoms with Gasteiger partial charge in [0.15, 0.2) is 0 Å². The molecule has 10 heteroatoms. The molecule has 0 saturated heterocycles. The van der Waals surface area contributed by atoms with Gasteiger partial charge in [-0.3, -0.25) is 9.59 Å². The van der Waals surface area contributed by atoms with Crippen LogP contribution in [-0.2, 0) is 14.8 Å². The number of fused-ring (bicyclic) bond motifs is 1. The largest absolute Gasteiger partial charge is 0.487 e. The second-order valence-corrected chi connectivity index (χ2v) is 12.9. The Kier molecular flexibility index (Phi) is 8.68. The summed E-state index contributed by atoms with van der Waals surface area (Å²) >= 11 is 0. The summed E-state index contributed by atoms with van der Waals surface area (Å²) in [5.74, 6) is -0.0136. The molecule has 1 aliphatic heterocycles. The van der Waals surface area contributed by atoms with Crippen LogP contribution in [0.1, 0.15) is 43.5 Å². The number of aliphatic hydroxyl groups is 1. The van der Waals surface area contributed by atoms with Gasteiger partial charge in [0.05, 0.1) is 13.2 Å². The van der Waals surface area contributed by atoms with Gasteiger partial charge in [-0.2, -0.15) is 4.31 Å². The minimum Gasteiger partial charge on any atom is -0.487 e. The van der Waals surface area contributed by atoms with Crippen LogP contribution in [0.2, 0.25) is 0 Å². The highest BCUT2D eigenvalue weighted by molar-refractivity contribution is 7.89. The Morgan fingerprint density at radius 2 is 1.72 bits per heavy atom. The predicted molar refractivity (Wildman–Crippen MR) is 149 cm³/mol. The molecule has 1 saturated carbocycles. The fourth-order valence-corrected chi connectivity index (χ4v) is 6.84. The summed E-state index contributed by atoms with van der Waals surface area (Å²) in [4.78, 5) is 28.4. The smallest absolute Gasteiger partial charge is 0.253 e. The number of rotatable bonds is 7. The molecule has 2 aromatic rings. The zero-order valence-corrected chi connectivity index (χ0v) is 24.1. The van der Waals surface area contributed by atoms with E-state index in [9.17, 15) is 23.1 Å². The SMILES string of the molecule is C[C@H](CO)N1C[C@H](C)[C@H](CN(C)C(=O)C2CCC2)Oc2cc(-c3ccc(C(=O)N(C)C)cc3)ccc2S1(=O)=O. The van der Waals surface area contributed by atoms with Crippen molar-refractivity contribution < 1.29 is 27.9 Å². The van der Waals surface area contributed by atoms with Crippen molar-refractivity contribution >= 4 is 21.8 Å². The van der Waals surface area contributed by atoms with Crippen molar-refractivity contribution in [3.63, 3.8) is 0 Å². The van der Waals surface area contributed by atoms with E-state index in [0.717, 1.165) is 30.4 Å². The van der Waals surface area contributed by atoms with Gasteiger partial charge in [0.25, 0.3) is 5.91 Å². The third-order valence-electron chi connectivity index (χ3n) is 7.82. The van der Waals surface area contributed by atoms with Crippen molar-refractivity contribution in [2.75, 3.05) is 40.8 Å². The molecule has 9 nitrogen and oxygen atoms in total. The first-order valence-corrected chi connectivity index (χ1v) is 14.9. The summed E-state index contributed by atoms with van der Waals surface area (Å²) in [6.45, 7) is 3.75. The first-order valence-electron chi connectivity index (χ1n) is 13.4. The number of likely N-dealkylation sites (N-methyl/N-ethyl adjacent to an activating group) is 1. The molecule has 4 rings (SSSR count). The number of carbonyl (C=O) groups is 2. The first-order chi connectivity index (χ1) is 18.4. The van der Waals surface area contributed by atoms with Gasteiger partial charge >= 0.3 is 0 Å². The number of carbonyl (C=O) groups excluding carboxylic acids is 2. The third-order valence-corrected chi connectivity index (χ3v) is 9.84. The van der Waals surface area contributed by atoms with Crippen molar-refractivity contribution in [2.45, 2.75) is 50.2 Å². The van der Waals surface area contributed by atoms with E-state index in [2.05, 4.69) is 0 Å². The minimum atomic E-state index is -3.97.